The Bertz CT molecular complexity index is 2350. The van der Waals surface area contributed by atoms with Gasteiger partial charge in [0.15, 0.2) is 25.2 Å². The standard InChI is InChI=1S/C58H94O26/c1-23-33-26-9-10-31-53(4)13-12-32(81-49-43(71)45(28(61)20-76-49)82-47-40(68)36(64)27(60)19-75-47)54(5,22-59)30(53)11-14-56(31,7)55(26,6)15-17-58(33,18-16-57(23,8)74)52(73)84-51-42(70)39(67)37(65)29(80-51)21-77-48-44(72)46(35(63)25(3)78-48)83-50-41(69)38(66)34(62)24(2)79-50/h9,23-25,27-51,59-72,74H,10-22H2,1-8H3. The maximum absolute atomic E-state index is 15.3. The number of aliphatic hydroxyl groups is 15. The van der Waals surface area contributed by atoms with Gasteiger partial charge in [-0.1, -0.05) is 46.3 Å². The summed E-state index contributed by atoms with van der Waals surface area (Å²) in [5, 5.41) is 164. The van der Waals surface area contributed by atoms with Crippen molar-refractivity contribution in [2.24, 2.45) is 50.7 Å². The smallest absolute Gasteiger partial charge is 0.315 e. The molecule has 0 aromatic heterocycles. The third kappa shape index (κ3) is 10.6. The van der Waals surface area contributed by atoms with Crippen molar-refractivity contribution in [3.63, 3.8) is 0 Å². The van der Waals surface area contributed by atoms with Crippen LogP contribution < -0.4 is 0 Å². The lowest BCUT2D eigenvalue weighted by Crippen LogP contribution is -2.68. The first-order valence-electron chi connectivity index (χ1n) is 30.2. The van der Waals surface area contributed by atoms with Crippen LogP contribution in [0, 0.1) is 50.7 Å². The number of esters is 1. The predicted octanol–water partition coefficient (Wildman–Crippen LogP) is -2.93. The second-order valence-corrected chi connectivity index (χ2v) is 27.7. The molecule has 34 atom stereocenters. The molecule has 0 spiro atoms. The summed E-state index contributed by atoms with van der Waals surface area (Å²) in [4.78, 5) is 15.3. The first-order valence-corrected chi connectivity index (χ1v) is 30.2. The molecule has 9 fully saturated rings. The molecule has 5 saturated heterocycles. The van der Waals surface area contributed by atoms with E-state index in [1.807, 2.05) is 13.8 Å². The second kappa shape index (κ2) is 23.8. The van der Waals surface area contributed by atoms with Crippen LogP contribution in [0.1, 0.15) is 113 Å². The molecule has 0 radical (unpaired) electrons. The van der Waals surface area contributed by atoms with Gasteiger partial charge in [0.2, 0.25) is 6.29 Å². The summed E-state index contributed by atoms with van der Waals surface area (Å²) in [7, 11) is 0. The average Bonchev–Trinajstić information content (AvgIpc) is 0.682. The van der Waals surface area contributed by atoms with E-state index in [9.17, 15) is 76.6 Å². The van der Waals surface area contributed by atoms with Gasteiger partial charge < -0.3 is 124 Å². The molecule has 0 amide bonds. The number of carbonyl (C=O) groups excluding carboxylic acids is 1. The monoisotopic (exact) mass is 1210 g/mol. The van der Waals surface area contributed by atoms with E-state index in [0.29, 0.717) is 38.5 Å². The van der Waals surface area contributed by atoms with Crippen molar-refractivity contribution in [3.8, 4) is 0 Å². The molecule has 0 bridgehead atoms. The molecule has 482 valence electrons. The minimum Gasteiger partial charge on any atom is -0.432 e. The molecule has 26 heteroatoms. The predicted molar refractivity (Wildman–Crippen MR) is 283 cm³/mol. The normalized spacial score (nSPS) is 56.9. The second-order valence-electron chi connectivity index (χ2n) is 27.7. The van der Waals surface area contributed by atoms with Gasteiger partial charge in [-0.15, -0.1) is 0 Å². The molecule has 34 unspecified atom stereocenters. The molecular formula is C58H94O26. The van der Waals surface area contributed by atoms with Crippen LogP contribution in [0.2, 0.25) is 0 Å². The fraction of sp³-hybridized carbons (Fsp3) is 0.948. The highest BCUT2D eigenvalue weighted by atomic mass is 16.8. The van der Waals surface area contributed by atoms with Crippen molar-refractivity contribution in [3.05, 3.63) is 11.6 Å². The molecule has 0 aromatic rings. The number of carbonyl (C=O) groups is 1. The fourth-order valence-corrected chi connectivity index (χ4v) is 17.4. The van der Waals surface area contributed by atoms with Gasteiger partial charge in [0, 0.05) is 11.3 Å². The topological polar surface area (TPSA) is 413 Å². The van der Waals surface area contributed by atoms with Gasteiger partial charge in [-0.2, -0.15) is 0 Å². The Labute approximate surface area is 488 Å². The van der Waals surface area contributed by atoms with E-state index in [0.717, 1.165) is 12.0 Å². The number of allylic oxidation sites excluding steroid dienone is 2. The van der Waals surface area contributed by atoms with Crippen LogP contribution in [0.25, 0.3) is 0 Å². The number of rotatable bonds is 12. The minimum absolute atomic E-state index is 0.0692. The lowest BCUT2D eigenvalue weighted by atomic mass is 9.33. The van der Waals surface area contributed by atoms with Crippen molar-refractivity contribution in [1.82, 2.24) is 0 Å². The van der Waals surface area contributed by atoms with E-state index in [1.54, 1.807) is 6.92 Å². The number of ether oxygens (including phenoxy) is 10. The highest BCUT2D eigenvalue weighted by Crippen LogP contribution is 2.76. The van der Waals surface area contributed by atoms with E-state index in [-0.39, 0.29) is 55.3 Å². The molecule has 5 aliphatic heterocycles. The number of hydrogen-bond donors (Lipinski definition) is 15. The van der Waals surface area contributed by atoms with Crippen LogP contribution in [-0.4, -0.2) is 262 Å². The van der Waals surface area contributed by atoms with Gasteiger partial charge in [-0.25, -0.2) is 0 Å². The average molecular weight is 1210 g/mol. The molecule has 10 aliphatic rings. The van der Waals surface area contributed by atoms with E-state index in [1.165, 1.54) is 13.8 Å². The van der Waals surface area contributed by atoms with Gasteiger partial charge in [-0.05, 0) is 113 Å². The quantitative estimate of drug-likeness (QED) is 0.0528. The Balaban J connectivity index is 0.841. The Morgan fingerprint density at radius 3 is 1.85 bits per heavy atom. The third-order valence-corrected chi connectivity index (χ3v) is 23.2. The van der Waals surface area contributed by atoms with Crippen molar-refractivity contribution in [2.45, 2.75) is 266 Å². The molecule has 15 N–H and O–H groups in total. The van der Waals surface area contributed by atoms with E-state index in [2.05, 4.69) is 26.8 Å². The van der Waals surface area contributed by atoms with Crippen molar-refractivity contribution >= 4 is 5.97 Å². The number of aliphatic hydroxyl groups excluding tert-OH is 14. The van der Waals surface area contributed by atoms with Crippen LogP contribution in [0.4, 0.5) is 0 Å². The highest BCUT2D eigenvalue weighted by molar-refractivity contribution is 5.79. The summed E-state index contributed by atoms with van der Waals surface area (Å²) in [6, 6.07) is 0. The SMILES string of the molecule is CC1OC(OC2C(O)C(C)OC(OCC3OC(OC(=O)C45CCC(C)(O)C(C)C4C4=CCC6C7(C)CCC(OC8OCC(O)C(OC9OCC(O)C(O)C9O)C8O)C(C)(CO)C7CCC6(C)C4(C)CC5)C(O)C(O)C3O)C2O)C(O)C(O)C1O. The summed E-state index contributed by atoms with van der Waals surface area (Å²) in [5.74, 6) is -1.75. The van der Waals surface area contributed by atoms with Crippen molar-refractivity contribution < 1.29 is 129 Å². The largest absolute Gasteiger partial charge is 0.432 e. The molecular weight excluding hydrogens is 1110 g/mol. The summed E-state index contributed by atoms with van der Waals surface area (Å²) in [5.41, 5.74) is -3.49. The van der Waals surface area contributed by atoms with Gasteiger partial charge in [-0.3, -0.25) is 4.79 Å². The highest BCUT2D eigenvalue weighted by Gasteiger charge is 2.72. The zero-order valence-electron chi connectivity index (χ0n) is 49.1. The fourth-order valence-electron chi connectivity index (χ4n) is 17.4. The van der Waals surface area contributed by atoms with E-state index >= 15 is 4.79 Å². The van der Waals surface area contributed by atoms with Crippen LogP contribution >= 0.6 is 0 Å². The zero-order chi connectivity index (χ0) is 61.3. The molecule has 5 aliphatic carbocycles. The van der Waals surface area contributed by atoms with Crippen LogP contribution in [0.5, 0.6) is 0 Å². The summed E-state index contributed by atoms with van der Waals surface area (Å²) in [6.07, 6.45) is -29.4. The third-order valence-electron chi connectivity index (χ3n) is 23.2. The summed E-state index contributed by atoms with van der Waals surface area (Å²) in [6.45, 7) is 14.0. The van der Waals surface area contributed by atoms with E-state index < -0.39 is 194 Å². The Morgan fingerprint density at radius 2 is 1.15 bits per heavy atom. The Kier molecular flexibility index (Phi) is 18.5. The zero-order valence-corrected chi connectivity index (χ0v) is 49.1. The van der Waals surface area contributed by atoms with Crippen molar-refractivity contribution in [2.75, 3.05) is 26.4 Å². The first kappa shape index (κ1) is 65.2. The van der Waals surface area contributed by atoms with Crippen LogP contribution in [0.15, 0.2) is 11.6 Å². The molecule has 10 rings (SSSR count). The van der Waals surface area contributed by atoms with Gasteiger partial charge in [0.05, 0.1) is 55.8 Å². The van der Waals surface area contributed by atoms with Crippen LogP contribution in [0.3, 0.4) is 0 Å². The lowest BCUT2D eigenvalue weighted by Gasteiger charge is -2.72. The Morgan fingerprint density at radius 1 is 0.571 bits per heavy atom. The van der Waals surface area contributed by atoms with Crippen LogP contribution in [-0.2, 0) is 52.2 Å². The van der Waals surface area contributed by atoms with E-state index in [4.69, 9.17) is 47.4 Å². The molecule has 4 saturated carbocycles. The maximum Gasteiger partial charge on any atom is 0.315 e. The summed E-state index contributed by atoms with van der Waals surface area (Å²) < 4.78 is 58.9. The molecule has 5 heterocycles. The number of hydrogen-bond acceptors (Lipinski definition) is 26. The van der Waals surface area contributed by atoms with Gasteiger partial charge in [0.1, 0.15) is 97.7 Å². The molecule has 0 aromatic carbocycles. The maximum atomic E-state index is 15.3. The van der Waals surface area contributed by atoms with Gasteiger partial charge >= 0.3 is 5.97 Å². The molecule has 84 heavy (non-hydrogen) atoms. The van der Waals surface area contributed by atoms with Gasteiger partial charge in [0.25, 0.3) is 0 Å². The lowest BCUT2D eigenvalue weighted by molar-refractivity contribution is -0.359. The van der Waals surface area contributed by atoms with Crippen molar-refractivity contribution in [1.29, 1.82) is 0 Å². The minimum atomic E-state index is -1.92. The Hall–Kier alpha value is -1.75. The number of fused-ring (bicyclic) bond motifs is 7. The molecule has 26 nitrogen and oxygen atoms in total. The first-order chi connectivity index (χ1) is 39.3. The summed E-state index contributed by atoms with van der Waals surface area (Å²) >= 11 is 0.